The Morgan fingerprint density at radius 2 is 2.57 bits per heavy atom. The van der Waals surface area contributed by atoms with Crippen LogP contribution >= 0.6 is 11.8 Å². The molecular weight excluding hydrogens is 106 g/mol. The molecule has 2 unspecified atom stereocenters. The van der Waals surface area contributed by atoms with Crippen LogP contribution in [0.4, 0.5) is 0 Å². The lowest BCUT2D eigenvalue weighted by Gasteiger charge is -2.07. The van der Waals surface area contributed by atoms with E-state index in [2.05, 4.69) is 16.7 Å². The monoisotopic (exact) mass is 115 g/mol. The maximum Gasteiger partial charge on any atom is 0.0687 e. The second-order valence-corrected chi connectivity index (χ2v) is 3.46. The van der Waals surface area contributed by atoms with Gasteiger partial charge in [0.25, 0.3) is 0 Å². The van der Waals surface area contributed by atoms with Gasteiger partial charge in [-0.2, -0.15) is 0 Å². The van der Waals surface area contributed by atoms with E-state index in [1.807, 2.05) is 0 Å². The number of hydrogen-bond donors (Lipinski definition) is 0. The molecule has 1 nitrogen and oxygen atoms in total. The summed E-state index contributed by atoms with van der Waals surface area (Å²) < 4.78 is 0. The molecule has 0 aliphatic carbocycles. The summed E-state index contributed by atoms with van der Waals surface area (Å²) in [4.78, 5) is 2.52. The van der Waals surface area contributed by atoms with Gasteiger partial charge in [-0.25, -0.2) is 0 Å². The highest BCUT2D eigenvalue weighted by atomic mass is 32.2. The van der Waals surface area contributed by atoms with Crippen molar-refractivity contribution in [2.24, 2.45) is 0 Å². The molecular formula is C5H9NS. The van der Waals surface area contributed by atoms with Crippen LogP contribution in [0.2, 0.25) is 0 Å². The lowest BCUT2D eigenvalue weighted by Crippen LogP contribution is -2.08. The molecule has 0 aromatic carbocycles. The number of rotatable bonds is 0. The first-order valence-electron chi connectivity index (χ1n) is 2.82. The first-order valence-corrected chi connectivity index (χ1v) is 3.87. The molecule has 0 amide bonds. The molecule has 0 saturated carbocycles. The third-order valence-electron chi connectivity index (χ3n) is 1.56. The molecule has 0 spiro atoms. The average Bonchev–Trinajstić information content (AvgIpc) is 2.41. The predicted octanol–water partition coefficient (Wildman–Crippen LogP) is 0.765. The fraction of sp³-hybridized carbons (Fsp3) is 1.00. The second kappa shape index (κ2) is 1.39. The van der Waals surface area contributed by atoms with E-state index in [1.165, 1.54) is 25.3 Å². The highest BCUT2D eigenvalue weighted by molar-refractivity contribution is 8.00. The topological polar surface area (TPSA) is 3.01 Å². The zero-order valence-corrected chi connectivity index (χ0v) is 5.08. The van der Waals surface area contributed by atoms with Crippen molar-refractivity contribution in [1.29, 1.82) is 0 Å². The van der Waals surface area contributed by atoms with Crippen LogP contribution < -0.4 is 0 Å². The Balaban J connectivity index is 1.95. The van der Waals surface area contributed by atoms with Crippen LogP contribution in [0, 0.1) is 0 Å². The van der Waals surface area contributed by atoms with E-state index in [1.54, 1.807) is 0 Å². The van der Waals surface area contributed by atoms with Crippen LogP contribution in [-0.4, -0.2) is 29.1 Å². The van der Waals surface area contributed by atoms with Gasteiger partial charge in [0.1, 0.15) is 0 Å². The van der Waals surface area contributed by atoms with Crippen molar-refractivity contribution in [3.05, 3.63) is 0 Å². The number of fused-ring (bicyclic) bond motifs is 1. The van der Waals surface area contributed by atoms with Crippen LogP contribution in [0.1, 0.15) is 6.42 Å². The van der Waals surface area contributed by atoms with Gasteiger partial charge < -0.3 is 0 Å². The Bertz CT molecular complexity index is 74.1. The summed E-state index contributed by atoms with van der Waals surface area (Å²) in [5.74, 6) is 1.40. The molecule has 2 heterocycles. The highest BCUT2D eigenvalue weighted by Gasteiger charge is 2.35. The molecule has 7 heavy (non-hydrogen) atoms. The van der Waals surface area contributed by atoms with E-state index >= 15 is 0 Å². The van der Waals surface area contributed by atoms with E-state index < -0.39 is 0 Å². The van der Waals surface area contributed by atoms with Crippen LogP contribution in [0.3, 0.4) is 0 Å². The van der Waals surface area contributed by atoms with Crippen molar-refractivity contribution in [2.45, 2.75) is 11.8 Å². The van der Waals surface area contributed by atoms with Crippen molar-refractivity contribution in [3.63, 3.8) is 0 Å². The van der Waals surface area contributed by atoms with Gasteiger partial charge in [0, 0.05) is 13.1 Å². The van der Waals surface area contributed by atoms with Crippen LogP contribution in [0.15, 0.2) is 0 Å². The van der Waals surface area contributed by atoms with Gasteiger partial charge in [0.05, 0.1) is 5.37 Å². The van der Waals surface area contributed by atoms with Crippen molar-refractivity contribution < 1.29 is 0 Å². The Kier molecular flexibility index (Phi) is 0.837. The maximum atomic E-state index is 2.52. The third kappa shape index (κ3) is 0.662. The molecule has 2 atom stereocenters. The van der Waals surface area contributed by atoms with E-state index in [0.717, 1.165) is 5.37 Å². The summed E-state index contributed by atoms with van der Waals surface area (Å²) in [6.07, 6.45) is 1.42. The Morgan fingerprint density at radius 1 is 1.57 bits per heavy atom. The molecule has 0 aromatic heterocycles. The minimum absolute atomic E-state index is 0.953. The van der Waals surface area contributed by atoms with Crippen LogP contribution in [0.25, 0.3) is 0 Å². The van der Waals surface area contributed by atoms with E-state index in [-0.39, 0.29) is 0 Å². The van der Waals surface area contributed by atoms with Gasteiger partial charge in [-0.1, -0.05) is 0 Å². The summed E-state index contributed by atoms with van der Waals surface area (Å²) in [6, 6.07) is 0. The molecule has 2 heteroatoms. The van der Waals surface area contributed by atoms with Crippen molar-refractivity contribution in [3.8, 4) is 0 Å². The zero-order valence-electron chi connectivity index (χ0n) is 4.26. The predicted molar refractivity (Wildman–Crippen MR) is 32.4 cm³/mol. The van der Waals surface area contributed by atoms with Crippen LogP contribution in [0.5, 0.6) is 0 Å². The molecule has 40 valence electrons. The molecule has 0 radical (unpaired) electrons. The molecule has 2 fully saturated rings. The third-order valence-corrected chi connectivity index (χ3v) is 2.92. The minimum Gasteiger partial charge on any atom is -0.288 e. The van der Waals surface area contributed by atoms with Gasteiger partial charge in [-0.3, -0.25) is 4.90 Å². The summed E-state index contributed by atoms with van der Waals surface area (Å²) in [7, 11) is 0. The summed E-state index contributed by atoms with van der Waals surface area (Å²) in [6.45, 7) is 2.75. The average molecular weight is 115 g/mol. The SMILES string of the molecule is C1CSC2CN2C1. The van der Waals surface area contributed by atoms with E-state index in [0.29, 0.717) is 0 Å². The van der Waals surface area contributed by atoms with Crippen molar-refractivity contribution >= 4 is 11.8 Å². The van der Waals surface area contributed by atoms with Gasteiger partial charge in [-0.15, -0.1) is 11.8 Å². The summed E-state index contributed by atoms with van der Waals surface area (Å²) in [5.41, 5.74) is 0. The maximum absolute atomic E-state index is 2.52. The Hall–Kier alpha value is 0.310. The fourth-order valence-corrected chi connectivity index (χ4v) is 2.21. The fourth-order valence-electron chi connectivity index (χ4n) is 1.03. The lowest BCUT2D eigenvalue weighted by atomic mass is 10.5. The zero-order chi connectivity index (χ0) is 4.69. The minimum atomic E-state index is 0.953. The van der Waals surface area contributed by atoms with Crippen molar-refractivity contribution in [1.82, 2.24) is 4.90 Å². The Labute approximate surface area is 48.1 Å². The van der Waals surface area contributed by atoms with E-state index in [9.17, 15) is 0 Å². The largest absolute Gasteiger partial charge is 0.288 e. The van der Waals surface area contributed by atoms with Gasteiger partial charge in [0.15, 0.2) is 0 Å². The smallest absolute Gasteiger partial charge is 0.0687 e. The number of hydrogen-bond acceptors (Lipinski definition) is 2. The van der Waals surface area contributed by atoms with Crippen LogP contribution in [-0.2, 0) is 0 Å². The summed E-state index contributed by atoms with van der Waals surface area (Å²) >= 11 is 2.12. The Morgan fingerprint density at radius 3 is 3.14 bits per heavy atom. The number of thioether (sulfide) groups is 1. The van der Waals surface area contributed by atoms with E-state index in [4.69, 9.17) is 0 Å². The van der Waals surface area contributed by atoms with Gasteiger partial charge in [-0.05, 0) is 12.2 Å². The summed E-state index contributed by atoms with van der Waals surface area (Å²) in [5, 5.41) is 0.953. The molecule has 0 N–H and O–H groups in total. The second-order valence-electron chi connectivity index (χ2n) is 2.17. The molecule has 2 aliphatic heterocycles. The lowest BCUT2D eigenvalue weighted by molar-refractivity contribution is 0.533. The first kappa shape index (κ1) is 4.21. The van der Waals surface area contributed by atoms with Crippen molar-refractivity contribution in [2.75, 3.05) is 18.8 Å². The highest BCUT2D eigenvalue weighted by Crippen LogP contribution is 2.33. The molecule has 2 saturated heterocycles. The normalized spacial score (nSPS) is 48.0. The molecule has 2 aliphatic rings. The molecule has 0 bridgehead atoms. The standard InChI is InChI=1S/C5H9NS/c1-2-6-4-5(6)7-3-1/h5H,1-4H2. The number of nitrogens with zero attached hydrogens (tertiary/aromatic N) is 1. The molecule has 0 aromatic rings. The van der Waals surface area contributed by atoms with Gasteiger partial charge in [0.2, 0.25) is 0 Å². The first-order chi connectivity index (χ1) is 3.47. The quantitative estimate of drug-likeness (QED) is 0.429. The van der Waals surface area contributed by atoms with Gasteiger partial charge >= 0.3 is 0 Å². The molecule has 2 rings (SSSR count).